The van der Waals surface area contributed by atoms with Gasteiger partial charge in [0, 0.05) is 12.7 Å². The fraction of sp³-hybridized carbons (Fsp3) is 0.182. The van der Waals surface area contributed by atoms with E-state index in [0.29, 0.717) is 11.3 Å². The molecule has 0 atom stereocenters. The maximum Gasteiger partial charge on any atom is 0.187 e. The average Bonchev–Trinajstić information content (AvgIpc) is 2.20. The third kappa shape index (κ3) is 3.66. The van der Waals surface area contributed by atoms with Crippen LogP contribution in [0.5, 0.6) is 5.75 Å². The molecule has 0 aliphatic rings. The van der Waals surface area contributed by atoms with Crippen molar-refractivity contribution in [3.05, 3.63) is 35.4 Å². The van der Waals surface area contributed by atoms with Crippen LogP contribution in [0.1, 0.15) is 12.5 Å². The van der Waals surface area contributed by atoms with Crippen LogP contribution in [0, 0.1) is 11.6 Å². The Bertz CT molecular complexity index is 407. The predicted molar refractivity (Wildman–Crippen MR) is 60.2 cm³/mol. The highest BCUT2D eigenvalue weighted by Crippen LogP contribution is 2.22. The number of aromatic hydroxyl groups is 1. The van der Waals surface area contributed by atoms with E-state index < -0.39 is 17.4 Å². The lowest BCUT2D eigenvalue weighted by Crippen LogP contribution is -1.85. The molecule has 0 unspecified atom stereocenters. The monoisotopic (exact) mass is 244 g/mol. The molecule has 0 fully saturated rings. The third-order valence-corrected chi connectivity index (χ3v) is 2.50. The molecular formula is C11H10F2O2S. The number of hydrogen-bond acceptors (Lipinski definition) is 3. The number of thioether (sulfide) groups is 1. The van der Waals surface area contributed by atoms with E-state index in [1.54, 1.807) is 6.08 Å². The molecule has 0 saturated carbocycles. The molecule has 1 N–H and O–H groups in total. The summed E-state index contributed by atoms with van der Waals surface area (Å²) in [7, 11) is 0. The van der Waals surface area contributed by atoms with Crippen molar-refractivity contribution in [2.24, 2.45) is 0 Å². The van der Waals surface area contributed by atoms with Crippen molar-refractivity contribution >= 4 is 23.0 Å². The van der Waals surface area contributed by atoms with Crippen molar-refractivity contribution in [1.29, 1.82) is 0 Å². The summed E-state index contributed by atoms with van der Waals surface area (Å²) in [6.07, 6.45) is 3.11. The molecule has 1 rings (SSSR count). The molecule has 0 amide bonds. The Morgan fingerprint density at radius 2 is 2.00 bits per heavy atom. The second kappa shape index (κ2) is 5.65. The van der Waals surface area contributed by atoms with Crippen LogP contribution in [0.4, 0.5) is 8.78 Å². The summed E-state index contributed by atoms with van der Waals surface area (Å²) < 4.78 is 25.8. The molecule has 0 aliphatic carbocycles. The minimum atomic E-state index is -1.00. The zero-order valence-corrected chi connectivity index (χ0v) is 9.35. The first-order chi connectivity index (χ1) is 7.50. The second-order valence-electron chi connectivity index (χ2n) is 3.04. The number of carbonyl (C=O) groups excluding carboxylic acids is 1. The maximum absolute atomic E-state index is 12.9. The van der Waals surface area contributed by atoms with Gasteiger partial charge in [-0.1, -0.05) is 23.9 Å². The lowest BCUT2D eigenvalue weighted by Gasteiger charge is -1.99. The van der Waals surface area contributed by atoms with E-state index in [2.05, 4.69) is 0 Å². The van der Waals surface area contributed by atoms with Crippen LogP contribution in [-0.2, 0) is 4.79 Å². The van der Waals surface area contributed by atoms with Gasteiger partial charge in [-0.25, -0.2) is 8.78 Å². The molecule has 1 aromatic carbocycles. The number of carbonyl (C=O) groups is 1. The van der Waals surface area contributed by atoms with Crippen LogP contribution in [0.2, 0.25) is 0 Å². The molecule has 86 valence electrons. The molecule has 16 heavy (non-hydrogen) atoms. The highest BCUT2D eigenvalue weighted by atomic mass is 32.2. The first-order valence-corrected chi connectivity index (χ1v) is 5.47. The molecular weight excluding hydrogens is 234 g/mol. The normalized spacial score (nSPS) is 10.9. The van der Waals surface area contributed by atoms with E-state index >= 15 is 0 Å². The van der Waals surface area contributed by atoms with Crippen molar-refractivity contribution in [2.45, 2.75) is 6.92 Å². The summed E-state index contributed by atoms with van der Waals surface area (Å²) in [6, 6.07) is 2.04. The fourth-order valence-electron chi connectivity index (χ4n) is 1.03. The molecule has 0 saturated heterocycles. The van der Waals surface area contributed by atoms with Crippen LogP contribution in [0.15, 0.2) is 18.2 Å². The Morgan fingerprint density at radius 1 is 1.44 bits per heavy atom. The number of halogens is 2. The van der Waals surface area contributed by atoms with Crippen LogP contribution >= 0.6 is 11.8 Å². The highest BCUT2D eigenvalue weighted by molar-refractivity contribution is 8.13. The Balaban J connectivity index is 2.71. The largest absolute Gasteiger partial charge is 0.503 e. The van der Waals surface area contributed by atoms with Gasteiger partial charge in [0.2, 0.25) is 0 Å². The summed E-state index contributed by atoms with van der Waals surface area (Å²) in [5.74, 6) is -2.53. The fourth-order valence-corrected chi connectivity index (χ4v) is 1.46. The Morgan fingerprint density at radius 3 is 2.50 bits per heavy atom. The summed E-state index contributed by atoms with van der Waals surface area (Å²) in [5.41, 5.74) is 0.303. The molecule has 0 bridgehead atoms. The predicted octanol–water partition coefficient (Wildman–Crippen LogP) is 2.96. The van der Waals surface area contributed by atoms with Gasteiger partial charge in [0.05, 0.1) is 0 Å². The maximum atomic E-state index is 12.9. The topological polar surface area (TPSA) is 37.3 Å². The summed E-state index contributed by atoms with van der Waals surface area (Å²) in [5, 5.41) is 8.83. The molecule has 0 heterocycles. The Labute approximate surface area is 96.0 Å². The standard InChI is InChI=1S/C11H10F2O2S/c1-7(14)16-4-2-3-8-5-9(12)11(15)10(13)6-8/h2-3,5-6,15H,4H2,1H3. The molecule has 1 aromatic rings. The smallest absolute Gasteiger partial charge is 0.187 e. The Hall–Kier alpha value is -1.36. The van der Waals surface area contributed by atoms with E-state index in [0.717, 1.165) is 23.9 Å². The number of phenols is 1. The third-order valence-electron chi connectivity index (χ3n) is 1.73. The van der Waals surface area contributed by atoms with E-state index in [9.17, 15) is 13.6 Å². The average molecular weight is 244 g/mol. The number of rotatable bonds is 3. The van der Waals surface area contributed by atoms with Crippen LogP contribution in [-0.4, -0.2) is 16.0 Å². The highest BCUT2D eigenvalue weighted by Gasteiger charge is 2.07. The summed E-state index contributed by atoms with van der Waals surface area (Å²) >= 11 is 1.10. The lowest BCUT2D eigenvalue weighted by molar-refractivity contribution is -0.109. The molecule has 5 heteroatoms. The van der Waals surface area contributed by atoms with Gasteiger partial charge < -0.3 is 5.11 Å². The summed E-state index contributed by atoms with van der Waals surface area (Å²) in [6.45, 7) is 1.44. The van der Waals surface area contributed by atoms with Crippen LogP contribution in [0.3, 0.4) is 0 Å². The van der Waals surface area contributed by atoms with Crippen molar-refractivity contribution in [2.75, 3.05) is 5.75 Å². The minimum absolute atomic E-state index is 0.0206. The van der Waals surface area contributed by atoms with Gasteiger partial charge in [0.1, 0.15) is 0 Å². The van der Waals surface area contributed by atoms with Gasteiger partial charge in [0.25, 0.3) is 0 Å². The van der Waals surface area contributed by atoms with Gasteiger partial charge in [-0.2, -0.15) is 0 Å². The molecule has 0 spiro atoms. The van der Waals surface area contributed by atoms with E-state index in [1.165, 1.54) is 13.0 Å². The van der Waals surface area contributed by atoms with Gasteiger partial charge in [-0.3, -0.25) is 4.79 Å². The van der Waals surface area contributed by atoms with Gasteiger partial charge in [-0.15, -0.1) is 0 Å². The van der Waals surface area contributed by atoms with E-state index in [1.807, 2.05) is 0 Å². The zero-order chi connectivity index (χ0) is 12.1. The molecule has 2 nitrogen and oxygen atoms in total. The molecule has 0 aliphatic heterocycles. The first kappa shape index (κ1) is 12.7. The van der Waals surface area contributed by atoms with Crippen molar-refractivity contribution < 1.29 is 18.7 Å². The van der Waals surface area contributed by atoms with Crippen molar-refractivity contribution in [3.63, 3.8) is 0 Å². The quantitative estimate of drug-likeness (QED) is 0.888. The van der Waals surface area contributed by atoms with Crippen LogP contribution in [0.25, 0.3) is 6.08 Å². The first-order valence-electron chi connectivity index (χ1n) is 4.48. The van der Waals surface area contributed by atoms with Crippen molar-refractivity contribution in [3.8, 4) is 5.75 Å². The zero-order valence-electron chi connectivity index (χ0n) is 8.54. The van der Waals surface area contributed by atoms with Gasteiger partial charge in [0.15, 0.2) is 22.5 Å². The SMILES string of the molecule is CC(=O)SCC=Cc1cc(F)c(O)c(F)c1. The Kier molecular flexibility index (Phi) is 4.49. The van der Waals surface area contributed by atoms with E-state index in [-0.39, 0.29) is 5.12 Å². The summed E-state index contributed by atoms with van der Waals surface area (Å²) in [4.78, 5) is 10.6. The van der Waals surface area contributed by atoms with Gasteiger partial charge >= 0.3 is 0 Å². The number of phenolic OH excluding ortho intramolecular Hbond substituents is 1. The van der Waals surface area contributed by atoms with Crippen molar-refractivity contribution in [1.82, 2.24) is 0 Å². The van der Waals surface area contributed by atoms with Gasteiger partial charge in [-0.05, 0) is 17.7 Å². The molecule has 0 aromatic heterocycles. The second-order valence-corrected chi connectivity index (χ2v) is 4.24. The number of benzene rings is 1. The van der Waals surface area contributed by atoms with E-state index in [4.69, 9.17) is 5.11 Å². The molecule has 0 radical (unpaired) electrons. The minimum Gasteiger partial charge on any atom is -0.503 e. The number of hydrogen-bond donors (Lipinski definition) is 1. The van der Waals surface area contributed by atoms with Crippen LogP contribution < -0.4 is 0 Å². The lowest BCUT2D eigenvalue weighted by atomic mass is 10.2.